The third-order valence-corrected chi connectivity index (χ3v) is 2.77. The van der Waals surface area contributed by atoms with Crippen molar-refractivity contribution in [1.82, 2.24) is 15.5 Å². The Balaban J connectivity index is 2.62. The molecule has 0 saturated heterocycles. The van der Waals surface area contributed by atoms with Gasteiger partial charge in [-0.2, -0.15) is 0 Å². The van der Waals surface area contributed by atoms with Crippen LogP contribution in [0.3, 0.4) is 0 Å². The van der Waals surface area contributed by atoms with Crippen molar-refractivity contribution >= 4 is 22.6 Å². The maximum atomic E-state index is 10.5. The molecule has 1 aromatic heterocycles. The van der Waals surface area contributed by atoms with Crippen LogP contribution >= 0.6 is 11.3 Å². The van der Waals surface area contributed by atoms with E-state index in [0.29, 0.717) is 11.6 Å². The molecule has 0 aliphatic rings. The van der Waals surface area contributed by atoms with E-state index in [4.69, 9.17) is 10.8 Å². The van der Waals surface area contributed by atoms with Crippen LogP contribution < -0.4 is 11.1 Å². The Morgan fingerprint density at radius 1 is 1.60 bits per heavy atom. The number of carboxylic acid groups (broad SMARTS) is 1. The Kier molecular flexibility index (Phi) is 3.84. The van der Waals surface area contributed by atoms with Gasteiger partial charge in [0.05, 0.1) is 0 Å². The summed E-state index contributed by atoms with van der Waals surface area (Å²) in [5.74, 6) is 0.200. The minimum Gasteiger partial charge on any atom is -0.465 e. The van der Waals surface area contributed by atoms with E-state index in [2.05, 4.69) is 15.5 Å². The van der Waals surface area contributed by atoms with E-state index in [1.807, 2.05) is 13.8 Å². The number of hydrogen-bond donors (Lipinski definition) is 3. The van der Waals surface area contributed by atoms with Crippen LogP contribution in [-0.2, 0) is 6.42 Å². The van der Waals surface area contributed by atoms with Crippen molar-refractivity contribution in [3.05, 3.63) is 5.01 Å². The largest absolute Gasteiger partial charge is 0.465 e. The number of nitrogens with two attached hydrogens (primary N) is 1. The molecule has 0 spiro atoms. The van der Waals surface area contributed by atoms with Gasteiger partial charge in [0.1, 0.15) is 5.01 Å². The molecule has 4 N–H and O–H groups in total. The molecule has 1 rings (SSSR count). The molecule has 15 heavy (non-hydrogen) atoms. The summed E-state index contributed by atoms with van der Waals surface area (Å²) in [6.45, 7) is 3.90. The van der Waals surface area contributed by atoms with Gasteiger partial charge in [-0.25, -0.2) is 4.79 Å². The number of nitrogens with zero attached hydrogens (tertiary/aromatic N) is 2. The first-order valence-electron chi connectivity index (χ1n) is 4.56. The highest BCUT2D eigenvalue weighted by atomic mass is 32.1. The second-order valence-electron chi connectivity index (χ2n) is 3.54. The number of aromatic nitrogens is 2. The first-order valence-corrected chi connectivity index (χ1v) is 5.38. The molecule has 0 bridgehead atoms. The lowest BCUT2D eigenvalue weighted by Gasteiger charge is -2.18. The highest BCUT2D eigenvalue weighted by Crippen LogP contribution is 2.15. The van der Waals surface area contributed by atoms with E-state index in [-0.39, 0.29) is 12.0 Å². The molecule has 7 heteroatoms. The first kappa shape index (κ1) is 11.7. The molecule has 1 atom stereocenters. The maximum Gasteiger partial charge on any atom is 0.404 e. The lowest BCUT2D eigenvalue weighted by Crippen LogP contribution is -2.39. The maximum absolute atomic E-state index is 10.5. The number of amides is 1. The average Bonchev–Trinajstić information content (AvgIpc) is 2.49. The van der Waals surface area contributed by atoms with Gasteiger partial charge in [0.2, 0.25) is 5.13 Å². The van der Waals surface area contributed by atoms with Gasteiger partial charge in [-0.05, 0) is 5.92 Å². The van der Waals surface area contributed by atoms with E-state index < -0.39 is 6.09 Å². The van der Waals surface area contributed by atoms with Crippen LogP contribution in [0.4, 0.5) is 9.93 Å². The first-order chi connectivity index (χ1) is 6.99. The summed E-state index contributed by atoms with van der Waals surface area (Å²) in [4.78, 5) is 10.5. The molecular formula is C8H14N4O2S. The molecule has 0 aliphatic heterocycles. The second kappa shape index (κ2) is 4.92. The van der Waals surface area contributed by atoms with E-state index in [1.165, 1.54) is 11.3 Å². The zero-order chi connectivity index (χ0) is 11.4. The second-order valence-corrected chi connectivity index (χ2v) is 4.63. The summed E-state index contributed by atoms with van der Waals surface area (Å²) in [5, 5.41) is 19.8. The number of rotatable bonds is 4. The van der Waals surface area contributed by atoms with Crippen LogP contribution in [0, 0.1) is 5.92 Å². The summed E-state index contributed by atoms with van der Waals surface area (Å²) in [6.07, 6.45) is -0.495. The number of nitrogens with one attached hydrogen (secondary N) is 1. The zero-order valence-electron chi connectivity index (χ0n) is 8.60. The normalized spacial score (nSPS) is 12.7. The molecule has 0 saturated carbocycles. The lowest BCUT2D eigenvalue weighted by molar-refractivity contribution is 0.185. The van der Waals surface area contributed by atoms with Gasteiger partial charge in [0.15, 0.2) is 0 Å². The molecule has 6 nitrogen and oxygen atoms in total. The third-order valence-electron chi connectivity index (χ3n) is 1.99. The van der Waals surface area contributed by atoms with E-state index in [9.17, 15) is 4.79 Å². The molecule has 1 amide bonds. The van der Waals surface area contributed by atoms with Crippen molar-refractivity contribution in [3.8, 4) is 0 Å². The quantitative estimate of drug-likeness (QED) is 0.715. The number of hydrogen-bond acceptors (Lipinski definition) is 5. The van der Waals surface area contributed by atoms with Gasteiger partial charge in [0.25, 0.3) is 0 Å². The van der Waals surface area contributed by atoms with Gasteiger partial charge >= 0.3 is 6.09 Å². The lowest BCUT2D eigenvalue weighted by atomic mass is 10.0. The van der Waals surface area contributed by atoms with Crippen LogP contribution in [-0.4, -0.2) is 27.4 Å². The van der Waals surface area contributed by atoms with Crippen LogP contribution in [0.2, 0.25) is 0 Å². The fourth-order valence-electron chi connectivity index (χ4n) is 1.15. The molecule has 1 heterocycles. The Morgan fingerprint density at radius 2 is 2.27 bits per heavy atom. The topological polar surface area (TPSA) is 101 Å². The van der Waals surface area contributed by atoms with Crippen LogP contribution in [0.15, 0.2) is 0 Å². The smallest absolute Gasteiger partial charge is 0.404 e. The summed E-state index contributed by atoms with van der Waals surface area (Å²) in [7, 11) is 0. The molecule has 0 radical (unpaired) electrons. The van der Waals surface area contributed by atoms with Crippen molar-refractivity contribution in [1.29, 1.82) is 0 Å². The predicted molar refractivity (Wildman–Crippen MR) is 57.8 cm³/mol. The van der Waals surface area contributed by atoms with Crippen LogP contribution in [0.5, 0.6) is 0 Å². The summed E-state index contributed by atoms with van der Waals surface area (Å²) in [5.41, 5.74) is 5.44. The molecule has 1 unspecified atom stereocenters. The molecule has 0 aromatic carbocycles. The molecule has 84 valence electrons. The van der Waals surface area contributed by atoms with Crippen molar-refractivity contribution in [2.24, 2.45) is 5.92 Å². The van der Waals surface area contributed by atoms with Crippen molar-refractivity contribution in [2.75, 3.05) is 5.73 Å². The molecular weight excluding hydrogens is 216 g/mol. The van der Waals surface area contributed by atoms with Gasteiger partial charge in [-0.15, -0.1) is 10.2 Å². The van der Waals surface area contributed by atoms with Gasteiger partial charge in [-0.1, -0.05) is 25.2 Å². The third kappa shape index (κ3) is 3.70. The minimum absolute atomic E-state index is 0.158. The predicted octanol–water partition coefficient (Wildman–Crippen LogP) is 0.955. The SMILES string of the molecule is CC(C)C(Cc1nnc(N)s1)NC(=O)O. The van der Waals surface area contributed by atoms with E-state index in [0.717, 1.165) is 5.01 Å². The van der Waals surface area contributed by atoms with Crippen molar-refractivity contribution in [3.63, 3.8) is 0 Å². The van der Waals surface area contributed by atoms with Gasteiger partial charge < -0.3 is 16.2 Å². The highest BCUT2D eigenvalue weighted by molar-refractivity contribution is 7.15. The van der Waals surface area contributed by atoms with Crippen LogP contribution in [0.1, 0.15) is 18.9 Å². The average molecular weight is 230 g/mol. The van der Waals surface area contributed by atoms with Gasteiger partial charge in [0, 0.05) is 12.5 Å². The zero-order valence-corrected chi connectivity index (χ0v) is 9.41. The molecule has 1 aromatic rings. The number of carbonyl (C=O) groups is 1. The Morgan fingerprint density at radius 3 is 2.67 bits per heavy atom. The highest BCUT2D eigenvalue weighted by Gasteiger charge is 2.18. The fraction of sp³-hybridized carbons (Fsp3) is 0.625. The van der Waals surface area contributed by atoms with Crippen molar-refractivity contribution in [2.45, 2.75) is 26.3 Å². The molecule has 0 fully saturated rings. The molecule has 0 aliphatic carbocycles. The van der Waals surface area contributed by atoms with Crippen LogP contribution in [0.25, 0.3) is 0 Å². The Labute approximate surface area is 91.5 Å². The van der Waals surface area contributed by atoms with E-state index in [1.54, 1.807) is 0 Å². The monoisotopic (exact) mass is 230 g/mol. The fourth-order valence-corrected chi connectivity index (χ4v) is 1.82. The number of anilines is 1. The summed E-state index contributed by atoms with van der Waals surface area (Å²) >= 11 is 1.28. The van der Waals surface area contributed by atoms with Gasteiger partial charge in [-0.3, -0.25) is 0 Å². The Bertz CT molecular complexity index is 339. The van der Waals surface area contributed by atoms with Crippen molar-refractivity contribution < 1.29 is 9.90 Å². The van der Waals surface area contributed by atoms with E-state index >= 15 is 0 Å². The minimum atomic E-state index is -1.02. The number of nitrogen functional groups attached to an aromatic ring is 1. The standard InChI is InChI=1S/C8H14N4O2S/c1-4(2)5(10-8(13)14)3-6-11-12-7(9)15-6/h4-5,10H,3H2,1-2H3,(H2,9,12)(H,13,14). The summed E-state index contributed by atoms with van der Waals surface area (Å²) < 4.78 is 0. The summed E-state index contributed by atoms with van der Waals surface area (Å²) in [6, 6.07) is -0.158. The Hall–Kier alpha value is -1.37.